The molecule has 12 aromatic carbocycles. The van der Waals surface area contributed by atoms with Gasteiger partial charge in [0.2, 0.25) is 0 Å². The van der Waals surface area contributed by atoms with Gasteiger partial charge in [0.15, 0.2) is 5.69 Å². The molecule has 17 nitrogen and oxygen atoms in total. The van der Waals surface area contributed by atoms with Crippen molar-refractivity contribution >= 4 is 103 Å². The second-order valence-electron chi connectivity index (χ2n) is 34.9. The minimum Gasteiger partial charge on any atom is -0.371 e. The molecule has 3 saturated heterocycles. The number of carbonyl (C=O) groups excluding carboxylic acids is 3. The molecule has 3 fully saturated rings. The summed E-state index contributed by atoms with van der Waals surface area (Å²) < 4.78 is 245. The van der Waals surface area contributed by atoms with Gasteiger partial charge in [-0.1, -0.05) is 121 Å². The van der Waals surface area contributed by atoms with Crippen LogP contribution in [0.4, 0.5) is 71.0 Å². The van der Waals surface area contributed by atoms with Crippen molar-refractivity contribution < 1.29 is 87.9 Å². The fourth-order valence-corrected chi connectivity index (χ4v) is 23.9. The number of benzene rings is 12. The summed E-state index contributed by atoms with van der Waals surface area (Å²) in [6, 6.07) is 62.6. The molecule has 0 N–H and O–H groups in total. The van der Waals surface area contributed by atoms with Crippen molar-refractivity contribution in [1.29, 1.82) is 5.26 Å². The Morgan fingerprint density at radius 2 is 0.640 bits per heavy atom. The van der Waals surface area contributed by atoms with Crippen molar-refractivity contribution in [3.05, 3.63) is 328 Å². The summed E-state index contributed by atoms with van der Waals surface area (Å²) in [4.78, 5) is 45.2. The van der Waals surface area contributed by atoms with E-state index in [9.17, 15) is 93.2 Å². The first kappa shape index (κ1) is 97.8. The average Bonchev–Trinajstić information content (AvgIpc) is 1.63. The van der Waals surface area contributed by atoms with Gasteiger partial charge in [-0.15, -0.1) is 0 Å². The fraction of sp³-hybridized carbons (Fsp3) is 0.231. The first-order chi connectivity index (χ1) is 66.4. The van der Waals surface area contributed by atoms with E-state index in [0.717, 1.165) is 133 Å². The molecule has 0 radical (unpaired) electrons. The zero-order valence-corrected chi connectivity index (χ0v) is 78.4. The second kappa shape index (κ2) is 40.0. The molecular weight excluding hydrogens is 1860 g/mol. The maximum atomic E-state index is 15.0. The molecule has 0 spiro atoms. The molecule has 3 aliphatic heterocycles. The molecule has 3 aliphatic rings. The second-order valence-corrected chi connectivity index (χ2v) is 40.2. The largest absolute Gasteiger partial charge is 0.371 e. The van der Waals surface area contributed by atoms with Crippen molar-refractivity contribution in [2.24, 2.45) is 17.8 Å². The van der Waals surface area contributed by atoms with Crippen LogP contribution in [0.5, 0.6) is 0 Å². The van der Waals surface area contributed by atoms with Gasteiger partial charge in [-0.05, 0) is 241 Å². The summed E-state index contributed by atoms with van der Waals surface area (Å²) in [7, 11) is -13.5. The van der Waals surface area contributed by atoms with Gasteiger partial charge in [0.25, 0.3) is 55.8 Å². The standard InChI is InChI=1S/C36H31F5N2O3S.C36H27F3N4O3S.C36H33F3N2O3S/c1-21-5-3-8-29(36(40)41)32(21)33-30-20-26(37)11-14-31(30)43(47(45,46)28-12-9-24(10-13-28)35(38)39)34(33)25-6-4-7-27(19-25)42-17-15-23(16-18-42)22(2)44;1-22(44)23-15-17-42(18-16-23)28-7-3-5-25(19-28)35-34(33-26(21-40)6-4-8-31(33)41-2)30-20-27(37)11-14-32(30)43(35)47(45,46)29-12-9-24(10-13-29)36(38)39;1-22-6-4-7-23(2)33(22)34-31-21-28(37)12-15-32(31)41(45(43,44)30-13-10-26(11-14-30)36(38)39)35(34)27-8-5-9-29(20-27)40-18-16-25(17-19-40)24(3)42/h3-14,19-20,23,35-36H,15-18H2,1-2H3;3-14,19-20,23,36H,15-18H2,1H3;4-15,20-21,25,36H,16-19H2,1-3H3. The first-order valence-electron chi connectivity index (χ1n) is 44.8. The molecule has 0 bridgehead atoms. The smallest absolute Gasteiger partial charge is 0.268 e. The van der Waals surface area contributed by atoms with Crippen molar-refractivity contribution in [3.8, 4) is 73.2 Å². The van der Waals surface area contributed by atoms with Crippen LogP contribution in [0.1, 0.15) is 130 Å². The van der Waals surface area contributed by atoms with Crippen LogP contribution in [0.15, 0.2) is 269 Å². The Labute approximate surface area is 796 Å². The lowest BCUT2D eigenvalue weighted by Gasteiger charge is -2.33. The van der Waals surface area contributed by atoms with E-state index in [0.29, 0.717) is 104 Å². The highest BCUT2D eigenvalue weighted by Crippen LogP contribution is 2.53. The number of rotatable bonds is 22. The number of piperidine rings is 3. The van der Waals surface area contributed by atoms with E-state index in [4.69, 9.17) is 6.57 Å². The molecule has 15 aromatic rings. The van der Waals surface area contributed by atoms with Gasteiger partial charge in [-0.2, -0.15) is 5.26 Å². The Morgan fingerprint density at radius 1 is 0.353 bits per heavy atom. The van der Waals surface area contributed by atoms with Gasteiger partial charge in [0.1, 0.15) is 34.8 Å². The maximum Gasteiger partial charge on any atom is 0.268 e. The van der Waals surface area contributed by atoms with Crippen LogP contribution in [0.25, 0.3) is 105 Å². The number of carbonyl (C=O) groups is 3. The fourth-order valence-electron chi connectivity index (χ4n) is 19.3. The molecule has 3 aromatic heterocycles. The number of alkyl halides is 8. The Kier molecular flexibility index (Phi) is 28.2. The van der Waals surface area contributed by atoms with Crippen LogP contribution in [0.2, 0.25) is 0 Å². The van der Waals surface area contributed by atoms with Gasteiger partial charge in [-0.3, -0.25) is 14.4 Å². The quantitative estimate of drug-likeness (QED) is 0.0458. The summed E-state index contributed by atoms with van der Waals surface area (Å²) in [6.07, 6.45) is -7.21. The van der Waals surface area contributed by atoms with Gasteiger partial charge in [0.05, 0.1) is 61.0 Å². The van der Waals surface area contributed by atoms with Gasteiger partial charge in [-0.25, -0.2) is 90.3 Å². The third-order valence-electron chi connectivity index (χ3n) is 26.4. The lowest BCUT2D eigenvalue weighted by Crippen LogP contribution is -2.35. The summed E-state index contributed by atoms with van der Waals surface area (Å²) in [5.41, 5.74) is 7.42. The van der Waals surface area contributed by atoms with E-state index < -0.39 is 73.2 Å². The molecule has 712 valence electrons. The number of aryl methyl sites for hydroxylation is 3. The van der Waals surface area contributed by atoms with E-state index in [1.165, 1.54) is 76.8 Å². The lowest BCUT2D eigenvalue weighted by atomic mass is 9.90. The van der Waals surface area contributed by atoms with Gasteiger partial charge >= 0.3 is 0 Å². The number of nitriles is 1. The third kappa shape index (κ3) is 19.2. The molecule has 139 heavy (non-hydrogen) atoms. The SMILES string of the molecule is CC(=O)C1CCN(c2cccc(-c3c(-c4c(C)cccc4C(F)F)c4cc(F)ccc4n3S(=O)(=O)c3ccc(C(F)F)cc3)c2)CC1.CC(=O)C1CCN(c2cccc(-c3c(-c4c(C)cccc4C)c4cc(F)ccc4n3S(=O)(=O)c3ccc(C(F)F)cc3)c2)CC1.[C-]#[N+]c1cccc(C#N)c1-c1c(-c2cccc(N3CCC(C(C)=O)CC3)c2)n(S(=O)(=O)c2ccc(C(F)F)cc2)c2ccc(F)cc12. The molecule has 18 rings (SSSR count). The van der Waals surface area contributed by atoms with Crippen molar-refractivity contribution in [1.82, 2.24) is 11.9 Å². The summed E-state index contributed by atoms with van der Waals surface area (Å²) >= 11 is 0. The van der Waals surface area contributed by atoms with E-state index in [1.807, 2.05) is 68.4 Å². The molecule has 0 unspecified atom stereocenters. The number of nitrogens with zero attached hydrogens (tertiary/aromatic N) is 8. The lowest BCUT2D eigenvalue weighted by molar-refractivity contribution is -0.122. The van der Waals surface area contributed by atoms with Crippen LogP contribution in [-0.2, 0) is 44.5 Å². The van der Waals surface area contributed by atoms with E-state index in [-0.39, 0.29) is 144 Å². The summed E-state index contributed by atoms with van der Waals surface area (Å²) in [6.45, 7) is 21.9. The van der Waals surface area contributed by atoms with Crippen LogP contribution < -0.4 is 14.7 Å². The van der Waals surface area contributed by atoms with Crippen LogP contribution >= 0.6 is 0 Å². The number of aromatic nitrogens is 3. The van der Waals surface area contributed by atoms with Crippen LogP contribution in [-0.4, -0.2) is 93.8 Å². The van der Waals surface area contributed by atoms with E-state index >= 15 is 0 Å². The number of halogens is 11. The first-order valence-corrected chi connectivity index (χ1v) is 49.1. The Morgan fingerprint density at radius 3 is 0.935 bits per heavy atom. The predicted octanol–water partition coefficient (Wildman–Crippen LogP) is 26.6. The molecular formula is C108H91F11N8O9S3. The van der Waals surface area contributed by atoms with Crippen LogP contribution in [0.3, 0.4) is 0 Å². The highest BCUT2D eigenvalue weighted by molar-refractivity contribution is 7.91. The normalized spacial score (nSPS) is 14.3. The van der Waals surface area contributed by atoms with Crippen molar-refractivity contribution in [3.63, 3.8) is 0 Å². The molecule has 0 saturated carbocycles. The highest BCUT2D eigenvalue weighted by atomic mass is 32.2. The Hall–Kier alpha value is -14.3. The molecule has 0 aliphatic carbocycles. The number of fused-ring (bicyclic) bond motifs is 3. The Bertz CT molecular complexity index is 7730. The number of ketones is 3. The zero-order valence-electron chi connectivity index (χ0n) is 75.9. The third-order valence-corrected chi connectivity index (χ3v) is 31.6. The number of hydrogen-bond acceptors (Lipinski definition) is 13. The molecule has 6 heterocycles. The van der Waals surface area contributed by atoms with E-state index in [1.54, 1.807) is 76.2 Å². The maximum absolute atomic E-state index is 15.0. The van der Waals surface area contributed by atoms with Crippen molar-refractivity contribution in [2.45, 2.75) is 120 Å². The highest BCUT2D eigenvalue weighted by Gasteiger charge is 2.38. The topological polar surface area (TPSA) is 206 Å². The molecule has 0 atom stereocenters. The van der Waals surface area contributed by atoms with Crippen molar-refractivity contribution in [2.75, 3.05) is 54.0 Å². The van der Waals surface area contributed by atoms with Gasteiger partial charge in [0, 0.05) is 157 Å². The zero-order chi connectivity index (χ0) is 99.1. The molecule has 0 amide bonds. The number of Topliss-reactive ketones (excluding diaryl/α,β-unsaturated/α-hetero) is 3. The number of anilines is 3. The minimum atomic E-state index is -4.58. The number of hydrogen-bond donors (Lipinski definition) is 0. The Balaban J connectivity index is 0.000000151. The van der Waals surface area contributed by atoms with Gasteiger partial charge < -0.3 is 14.7 Å². The summed E-state index contributed by atoms with van der Waals surface area (Å²) in [5, 5.41) is 10.8. The summed E-state index contributed by atoms with van der Waals surface area (Å²) in [5.74, 6) is -1.48. The molecule has 31 heteroatoms. The predicted molar refractivity (Wildman–Crippen MR) is 517 cm³/mol. The monoisotopic (exact) mass is 1950 g/mol. The average molecular weight is 1950 g/mol. The van der Waals surface area contributed by atoms with E-state index in [2.05, 4.69) is 25.6 Å². The minimum absolute atomic E-state index is 0.0269. The van der Waals surface area contributed by atoms with Crippen LogP contribution in [0, 0.1) is 73.9 Å².